The number of carbonyl (C=O) groups is 1. The van der Waals surface area contributed by atoms with Crippen LogP contribution in [-0.4, -0.2) is 31.1 Å². The molecule has 1 amide bonds. The van der Waals surface area contributed by atoms with Crippen molar-refractivity contribution >= 4 is 5.91 Å². The first-order chi connectivity index (χ1) is 9.72. The van der Waals surface area contributed by atoms with Crippen LogP contribution in [0.3, 0.4) is 0 Å². The highest BCUT2D eigenvalue weighted by Gasteiger charge is 2.39. The molecule has 1 heterocycles. The van der Waals surface area contributed by atoms with Crippen molar-refractivity contribution in [1.82, 2.24) is 10.6 Å². The molecule has 114 valence electrons. The Hall–Kier alpha value is -0.610. The molecule has 4 heteroatoms. The second-order valence-electron chi connectivity index (χ2n) is 7.17. The smallest absolute Gasteiger partial charge is 0.220 e. The van der Waals surface area contributed by atoms with Gasteiger partial charge in [-0.05, 0) is 69.4 Å². The first kappa shape index (κ1) is 14.3. The monoisotopic (exact) mass is 279 g/mol. The molecule has 1 aliphatic heterocycles. The minimum Gasteiger partial charge on any atom is -0.353 e. The maximum absolute atomic E-state index is 12.3. The van der Waals surface area contributed by atoms with Crippen molar-refractivity contribution in [2.75, 3.05) is 13.1 Å². The maximum atomic E-state index is 12.3. The zero-order valence-corrected chi connectivity index (χ0v) is 12.4. The number of carbonyl (C=O) groups excluding carboxylic acids is 1. The number of piperidine rings is 1. The number of hydrogen-bond acceptors (Lipinski definition) is 3. The normalized spacial score (nSPS) is 38.5. The van der Waals surface area contributed by atoms with Crippen LogP contribution >= 0.6 is 0 Å². The second-order valence-corrected chi connectivity index (χ2v) is 7.17. The van der Waals surface area contributed by atoms with E-state index < -0.39 is 0 Å². The molecule has 4 nitrogen and oxygen atoms in total. The van der Waals surface area contributed by atoms with E-state index in [-0.39, 0.29) is 5.91 Å². The molecular weight excluding hydrogens is 250 g/mol. The quantitative estimate of drug-likeness (QED) is 0.731. The molecular formula is C16H29N3O. The van der Waals surface area contributed by atoms with Gasteiger partial charge in [0.25, 0.3) is 0 Å². The molecule has 0 radical (unpaired) electrons. The lowest BCUT2D eigenvalue weighted by Gasteiger charge is -2.45. The molecule has 0 aromatic heterocycles. The number of amides is 1. The molecule has 2 unspecified atom stereocenters. The Kier molecular flexibility index (Phi) is 4.61. The summed E-state index contributed by atoms with van der Waals surface area (Å²) in [5, 5.41) is 6.73. The van der Waals surface area contributed by atoms with Gasteiger partial charge in [0.15, 0.2) is 0 Å². The Morgan fingerprint density at radius 2 is 1.75 bits per heavy atom. The third kappa shape index (κ3) is 3.34. The van der Waals surface area contributed by atoms with Gasteiger partial charge in [-0.3, -0.25) is 4.79 Å². The zero-order chi connectivity index (χ0) is 13.9. The highest BCUT2D eigenvalue weighted by atomic mass is 16.1. The number of rotatable bonds is 3. The Bertz CT molecular complexity index is 327. The van der Waals surface area contributed by atoms with Crippen LogP contribution in [0.15, 0.2) is 0 Å². The number of hydrogen-bond donors (Lipinski definition) is 3. The van der Waals surface area contributed by atoms with Crippen LogP contribution in [-0.2, 0) is 4.79 Å². The molecule has 2 atom stereocenters. The van der Waals surface area contributed by atoms with Crippen LogP contribution in [0.4, 0.5) is 0 Å². The maximum Gasteiger partial charge on any atom is 0.220 e. The average molecular weight is 279 g/mol. The van der Waals surface area contributed by atoms with Gasteiger partial charge in [-0.1, -0.05) is 6.42 Å². The summed E-state index contributed by atoms with van der Waals surface area (Å²) in [4.78, 5) is 12.3. The summed E-state index contributed by atoms with van der Waals surface area (Å²) in [6.45, 7) is 2.14. The number of fused-ring (bicyclic) bond motifs is 2. The first-order valence-corrected chi connectivity index (χ1v) is 8.48. The van der Waals surface area contributed by atoms with Gasteiger partial charge in [0.1, 0.15) is 0 Å². The van der Waals surface area contributed by atoms with Gasteiger partial charge in [-0.25, -0.2) is 0 Å². The van der Waals surface area contributed by atoms with Crippen molar-refractivity contribution in [3.05, 3.63) is 0 Å². The average Bonchev–Trinajstić information content (AvgIpc) is 2.41. The van der Waals surface area contributed by atoms with Crippen molar-refractivity contribution in [2.45, 2.75) is 63.5 Å². The van der Waals surface area contributed by atoms with E-state index in [1.165, 1.54) is 19.3 Å². The Balaban J connectivity index is 1.52. The summed E-state index contributed by atoms with van der Waals surface area (Å²) in [6.07, 6.45) is 9.06. The predicted molar refractivity (Wildman–Crippen MR) is 80.2 cm³/mol. The summed E-state index contributed by atoms with van der Waals surface area (Å²) >= 11 is 0. The van der Waals surface area contributed by atoms with Crippen LogP contribution in [0.5, 0.6) is 0 Å². The Morgan fingerprint density at radius 3 is 2.40 bits per heavy atom. The SMILES string of the molecule is NC1CC2CCCC(C1)C2NC(=O)CC1CCNCC1. The van der Waals surface area contributed by atoms with Crippen LogP contribution in [0.25, 0.3) is 0 Å². The van der Waals surface area contributed by atoms with Gasteiger partial charge in [-0.2, -0.15) is 0 Å². The van der Waals surface area contributed by atoms with Crippen LogP contribution in [0.2, 0.25) is 0 Å². The summed E-state index contributed by atoms with van der Waals surface area (Å²) in [7, 11) is 0. The molecule has 3 aliphatic rings. The van der Waals surface area contributed by atoms with Crippen molar-refractivity contribution in [1.29, 1.82) is 0 Å². The Morgan fingerprint density at radius 1 is 1.10 bits per heavy atom. The molecule has 2 aliphatic carbocycles. The van der Waals surface area contributed by atoms with E-state index in [4.69, 9.17) is 5.73 Å². The summed E-state index contributed by atoms with van der Waals surface area (Å²) < 4.78 is 0. The minimum absolute atomic E-state index is 0.286. The number of nitrogens with two attached hydrogens (primary N) is 1. The zero-order valence-electron chi connectivity index (χ0n) is 12.4. The highest BCUT2D eigenvalue weighted by Crippen LogP contribution is 2.39. The van der Waals surface area contributed by atoms with Crippen LogP contribution < -0.4 is 16.4 Å². The molecule has 20 heavy (non-hydrogen) atoms. The molecule has 0 spiro atoms. The molecule has 3 fully saturated rings. The largest absolute Gasteiger partial charge is 0.353 e. The second kappa shape index (κ2) is 6.44. The summed E-state index contributed by atoms with van der Waals surface area (Å²) in [6, 6.07) is 0.778. The fraction of sp³-hybridized carbons (Fsp3) is 0.938. The molecule has 2 saturated carbocycles. The molecule has 2 bridgehead atoms. The molecule has 0 aromatic rings. The van der Waals surface area contributed by atoms with Crippen molar-refractivity contribution < 1.29 is 4.79 Å². The first-order valence-electron chi connectivity index (χ1n) is 8.48. The fourth-order valence-corrected chi connectivity index (χ4v) is 4.62. The van der Waals surface area contributed by atoms with E-state index in [0.29, 0.717) is 29.8 Å². The van der Waals surface area contributed by atoms with Gasteiger partial charge >= 0.3 is 0 Å². The van der Waals surface area contributed by atoms with E-state index in [2.05, 4.69) is 10.6 Å². The topological polar surface area (TPSA) is 67.1 Å². The van der Waals surface area contributed by atoms with Crippen molar-refractivity contribution in [3.8, 4) is 0 Å². The van der Waals surface area contributed by atoms with Gasteiger partial charge < -0.3 is 16.4 Å². The van der Waals surface area contributed by atoms with Gasteiger partial charge in [0.2, 0.25) is 5.91 Å². The standard InChI is InChI=1S/C16H29N3O/c17-14-9-12-2-1-3-13(10-14)16(12)19-15(20)8-11-4-6-18-7-5-11/h11-14,16,18H,1-10,17H2,(H,19,20). The highest BCUT2D eigenvalue weighted by molar-refractivity contribution is 5.76. The lowest BCUT2D eigenvalue weighted by Crippen LogP contribution is -2.54. The van der Waals surface area contributed by atoms with E-state index in [1.807, 2.05) is 0 Å². The van der Waals surface area contributed by atoms with E-state index in [1.54, 1.807) is 0 Å². The van der Waals surface area contributed by atoms with Gasteiger partial charge in [0.05, 0.1) is 0 Å². The molecule has 4 N–H and O–H groups in total. The van der Waals surface area contributed by atoms with Crippen molar-refractivity contribution in [3.63, 3.8) is 0 Å². The fourth-order valence-electron chi connectivity index (χ4n) is 4.62. The van der Waals surface area contributed by atoms with Crippen LogP contribution in [0, 0.1) is 17.8 Å². The van der Waals surface area contributed by atoms with Gasteiger partial charge in [0, 0.05) is 18.5 Å². The minimum atomic E-state index is 0.286. The van der Waals surface area contributed by atoms with E-state index >= 15 is 0 Å². The van der Waals surface area contributed by atoms with Crippen molar-refractivity contribution in [2.24, 2.45) is 23.5 Å². The predicted octanol–water partition coefficient (Wildman–Crippen LogP) is 1.40. The van der Waals surface area contributed by atoms with Crippen LogP contribution in [0.1, 0.15) is 51.4 Å². The third-order valence-corrected chi connectivity index (χ3v) is 5.64. The molecule has 0 aromatic carbocycles. The lowest BCUT2D eigenvalue weighted by atomic mass is 9.67. The molecule has 3 rings (SSSR count). The number of nitrogens with one attached hydrogen (secondary N) is 2. The summed E-state index contributed by atoms with van der Waals surface area (Å²) in [5.41, 5.74) is 6.15. The van der Waals surface area contributed by atoms with E-state index in [0.717, 1.165) is 45.2 Å². The van der Waals surface area contributed by atoms with E-state index in [9.17, 15) is 4.79 Å². The summed E-state index contributed by atoms with van der Waals surface area (Å²) in [5.74, 6) is 2.14. The lowest BCUT2D eigenvalue weighted by molar-refractivity contribution is -0.124. The van der Waals surface area contributed by atoms with Gasteiger partial charge in [-0.15, -0.1) is 0 Å². The third-order valence-electron chi connectivity index (χ3n) is 5.64. The molecule has 1 saturated heterocycles. The Labute approximate surface area is 122 Å².